The van der Waals surface area contributed by atoms with Gasteiger partial charge in [-0.25, -0.2) is 9.48 Å². The molecular weight excluding hydrogens is 440 g/mol. The second-order valence-electron chi connectivity index (χ2n) is 10.9. The van der Waals surface area contributed by atoms with Gasteiger partial charge >= 0.3 is 6.09 Å². The first-order valence-electron chi connectivity index (χ1n) is 12.8. The summed E-state index contributed by atoms with van der Waals surface area (Å²) in [6, 6.07) is 8.59. The number of ether oxygens (including phenoxy) is 2. The van der Waals surface area contributed by atoms with Crippen LogP contribution in [-0.4, -0.2) is 39.6 Å². The minimum Gasteiger partial charge on any atom is -0.444 e. The van der Waals surface area contributed by atoms with Crippen LogP contribution in [0.15, 0.2) is 36.7 Å². The fraction of sp³-hybridized carbons (Fsp3) is 0.536. The normalized spacial score (nSPS) is 19.5. The Morgan fingerprint density at radius 3 is 2.66 bits per heavy atom. The zero-order chi connectivity index (χ0) is 24.6. The Bertz CT molecular complexity index is 1190. The van der Waals surface area contributed by atoms with E-state index < -0.39 is 11.7 Å². The smallest absolute Gasteiger partial charge is 0.407 e. The molecule has 0 spiro atoms. The van der Waals surface area contributed by atoms with Gasteiger partial charge in [0.25, 0.3) is 0 Å². The van der Waals surface area contributed by atoms with Gasteiger partial charge in [-0.2, -0.15) is 5.10 Å². The van der Waals surface area contributed by atoms with E-state index in [2.05, 4.69) is 41.2 Å². The van der Waals surface area contributed by atoms with Crippen molar-refractivity contribution < 1.29 is 14.3 Å². The van der Waals surface area contributed by atoms with Crippen molar-refractivity contribution in [1.29, 1.82) is 0 Å². The monoisotopic (exact) mass is 476 g/mol. The van der Waals surface area contributed by atoms with Crippen molar-refractivity contribution in [3.05, 3.63) is 47.8 Å². The lowest BCUT2D eigenvalue weighted by atomic mass is 9.95. The van der Waals surface area contributed by atoms with Gasteiger partial charge in [0.1, 0.15) is 5.60 Å². The predicted octanol–water partition coefficient (Wildman–Crippen LogP) is 6.30. The Kier molecular flexibility index (Phi) is 6.53. The zero-order valence-electron chi connectivity index (χ0n) is 21.2. The SMILES string of the molecule is CC(CNC(=O)OC(C)(C)C)c1ccc(-c2ccc3c(cnn3C3CCCCO3)c2C2CC2)nc1. The Morgan fingerprint density at radius 2 is 2.00 bits per heavy atom. The third-order valence-electron chi connectivity index (χ3n) is 6.82. The predicted molar refractivity (Wildman–Crippen MR) is 136 cm³/mol. The Balaban J connectivity index is 1.35. The number of benzene rings is 1. The number of rotatable bonds is 6. The van der Waals surface area contributed by atoms with Crippen molar-refractivity contribution in [2.45, 2.75) is 83.5 Å². The highest BCUT2D eigenvalue weighted by Gasteiger charge is 2.30. The molecule has 35 heavy (non-hydrogen) atoms. The van der Waals surface area contributed by atoms with Gasteiger partial charge in [-0.3, -0.25) is 4.98 Å². The molecule has 2 fully saturated rings. The second-order valence-corrected chi connectivity index (χ2v) is 10.9. The van der Waals surface area contributed by atoms with E-state index >= 15 is 0 Å². The molecule has 7 heteroatoms. The Morgan fingerprint density at radius 1 is 1.17 bits per heavy atom. The van der Waals surface area contributed by atoms with Gasteiger partial charge in [0.2, 0.25) is 0 Å². The lowest BCUT2D eigenvalue weighted by Crippen LogP contribution is -2.34. The molecule has 3 aromatic rings. The maximum atomic E-state index is 12.0. The summed E-state index contributed by atoms with van der Waals surface area (Å²) < 4.78 is 13.4. The van der Waals surface area contributed by atoms with Gasteiger partial charge < -0.3 is 14.8 Å². The quantitative estimate of drug-likeness (QED) is 0.451. The van der Waals surface area contributed by atoms with Crippen LogP contribution in [0.2, 0.25) is 0 Å². The third-order valence-corrected chi connectivity index (χ3v) is 6.82. The van der Waals surface area contributed by atoms with Crippen LogP contribution in [0.5, 0.6) is 0 Å². The number of hydrogen-bond acceptors (Lipinski definition) is 5. The van der Waals surface area contributed by atoms with E-state index in [0.29, 0.717) is 12.5 Å². The number of pyridine rings is 1. The fourth-order valence-electron chi connectivity index (χ4n) is 4.85. The zero-order valence-corrected chi connectivity index (χ0v) is 21.2. The van der Waals surface area contributed by atoms with Crippen LogP contribution in [0.3, 0.4) is 0 Å². The first-order chi connectivity index (χ1) is 16.8. The highest BCUT2D eigenvalue weighted by atomic mass is 16.6. The second kappa shape index (κ2) is 9.61. The van der Waals surface area contributed by atoms with E-state index in [9.17, 15) is 4.79 Å². The number of hydrogen-bond donors (Lipinski definition) is 1. The molecule has 0 radical (unpaired) electrons. The number of nitrogens with zero attached hydrogens (tertiary/aromatic N) is 3. The van der Waals surface area contributed by atoms with E-state index in [1.165, 1.54) is 35.8 Å². The summed E-state index contributed by atoms with van der Waals surface area (Å²) in [4.78, 5) is 16.8. The van der Waals surface area contributed by atoms with E-state index in [4.69, 9.17) is 19.6 Å². The van der Waals surface area contributed by atoms with Crippen LogP contribution in [0.25, 0.3) is 22.2 Å². The van der Waals surface area contributed by atoms with Crippen LogP contribution in [-0.2, 0) is 9.47 Å². The molecule has 1 saturated heterocycles. The van der Waals surface area contributed by atoms with Gasteiger partial charge in [0.05, 0.1) is 17.4 Å². The fourth-order valence-corrected chi connectivity index (χ4v) is 4.85. The van der Waals surface area contributed by atoms with Crippen LogP contribution in [0.1, 0.15) is 89.0 Å². The third kappa shape index (κ3) is 5.35. The molecule has 2 atom stereocenters. The number of carbonyl (C=O) groups excluding carboxylic acids is 1. The Labute approximate surface area is 207 Å². The topological polar surface area (TPSA) is 78.3 Å². The van der Waals surface area contributed by atoms with Crippen molar-refractivity contribution in [1.82, 2.24) is 20.1 Å². The Hall–Kier alpha value is -2.93. The minimum atomic E-state index is -0.503. The molecule has 1 N–H and O–H groups in total. The molecule has 1 aromatic carbocycles. The molecule has 186 valence electrons. The summed E-state index contributed by atoms with van der Waals surface area (Å²) in [7, 11) is 0. The molecule has 3 heterocycles. The van der Waals surface area contributed by atoms with Gasteiger partial charge in [0, 0.05) is 36.2 Å². The van der Waals surface area contributed by atoms with Crippen molar-refractivity contribution in [3.8, 4) is 11.3 Å². The minimum absolute atomic E-state index is 0.0346. The van der Waals surface area contributed by atoms with E-state index in [0.717, 1.165) is 36.2 Å². The van der Waals surface area contributed by atoms with Gasteiger partial charge in [-0.1, -0.05) is 19.1 Å². The molecule has 2 unspecified atom stereocenters. The number of fused-ring (bicyclic) bond motifs is 1. The number of alkyl carbamates (subject to hydrolysis) is 1. The first-order valence-corrected chi connectivity index (χ1v) is 12.8. The lowest BCUT2D eigenvalue weighted by molar-refractivity contribution is -0.0366. The molecule has 5 rings (SSSR count). The average Bonchev–Trinajstić information content (AvgIpc) is 3.59. The van der Waals surface area contributed by atoms with Crippen LogP contribution in [0.4, 0.5) is 4.79 Å². The van der Waals surface area contributed by atoms with Gasteiger partial charge in [0.15, 0.2) is 6.23 Å². The number of carbonyl (C=O) groups is 1. The highest BCUT2D eigenvalue weighted by molar-refractivity contribution is 5.90. The molecule has 1 saturated carbocycles. The summed E-state index contributed by atoms with van der Waals surface area (Å²) >= 11 is 0. The van der Waals surface area contributed by atoms with Crippen molar-refractivity contribution in [3.63, 3.8) is 0 Å². The molecule has 1 aliphatic heterocycles. The molecule has 1 amide bonds. The lowest BCUT2D eigenvalue weighted by Gasteiger charge is -2.23. The first kappa shape index (κ1) is 23.8. The standard InChI is InChI=1S/C28H36N4O3/c1-18(15-30-27(33)35-28(2,3)4)20-10-12-23(29-16-20)21-11-13-24-22(26(21)19-8-9-19)17-31-32(24)25-7-5-6-14-34-25/h10-13,16-19,25H,5-9,14-15H2,1-4H3,(H,30,33). The van der Waals surface area contributed by atoms with E-state index in [1.807, 2.05) is 33.2 Å². The van der Waals surface area contributed by atoms with Crippen LogP contribution in [0, 0.1) is 0 Å². The van der Waals surface area contributed by atoms with Crippen molar-refractivity contribution >= 4 is 17.0 Å². The average molecular weight is 477 g/mol. The molecule has 2 aliphatic rings. The molecule has 0 bridgehead atoms. The molecule has 2 aromatic heterocycles. The summed E-state index contributed by atoms with van der Waals surface area (Å²) in [5.74, 6) is 0.695. The number of nitrogens with one attached hydrogen (secondary N) is 1. The maximum absolute atomic E-state index is 12.0. The van der Waals surface area contributed by atoms with Crippen molar-refractivity contribution in [2.75, 3.05) is 13.2 Å². The number of amides is 1. The van der Waals surface area contributed by atoms with E-state index in [1.54, 1.807) is 0 Å². The summed E-state index contributed by atoms with van der Waals surface area (Å²) in [5, 5.41) is 8.82. The van der Waals surface area contributed by atoms with Crippen molar-refractivity contribution in [2.24, 2.45) is 0 Å². The van der Waals surface area contributed by atoms with E-state index in [-0.39, 0.29) is 12.1 Å². The molecule has 7 nitrogen and oxygen atoms in total. The van der Waals surface area contributed by atoms with Gasteiger partial charge in [-0.15, -0.1) is 0 Å². The largest absolute Gasteiger partial charge is 0.444 e. The molecule has 1 aliphatic carbocycles. The van der Waals surface area contributed by atoms with Crippen LogP contribution < -0.4 is 5.32 Å². The maximum Gasteiger partial charge on any atom is 0.407 e. The highest BCUT2D eigenvalue weighted by Crippen LogP contribution is 2.47. The summed E-state index contributed by atoms with van der Waals surface area (Å²) in [5.41, 5.74) is 5.27. The van der Waals surface area contributed by atoms with Gasteiger partial charge in [-0.05, 0) is 82.1 Å². The molecular formula is C28H36N4O3. The van der Waals surface area contributed by atoms with Crippen LogP contribution >= 0.6 is 0 Å². The summed E-state index contributed by atoms with van der Waals surface area (Å²) in [6.07, 6.45) is 9.33. The summed E-state index contributed by atoms with van der Waals surface area (Å²) in [6.45, 7) is 8.97. The number of aromatic nitrogens is 3.